The number of aliphatic hydroxyl groups excluding tert-OH is 1. The lowest BCUT2D eigenvalue weighted by molar-refractivity contribution is 0.133. The lowest BCUT2D eigenvalue weighted by Gasteiger charge is -2.30. The summed E-state index contributed by atoms with van der Waals surface area (Å²) < 4.78 is 0.944. The average Bonchev–Trinajstić information content (AvgIpc) is 2.43. The minimum absolute atomic E-state index is 0.332. The number of hydrogen-bond acceptors (Lipinski definition) is 2. The molecule has 0 bridgehead atoms. The Balaban J connectivity index is 1.80. The van der Waals surface area contributed by atoms with Crippen LogP contribution in [0.1, 0.15) is 31.2 Å². The van der Waals surface area contributed by atoms with Crippen LogP contribution in [0, 0.1) is 11.8 Å². The van der Waals surface area contributed by atoms with Gasteiger partial charge in [-0.25, -0.2) is 0 Å². The molecule has 1 aliphatic rings. The van der Waals surface area contributed by atoms with Crippen LogP contribution in [0.3, 0.4) is 0 Å². The molecule has 2 unspecified atom stereocenters. The summed E-state index contributed by atoms with van der Waals surface area (Å²) in [4.78, 5) is 0. The number of benzene rings is 1. The number of hydrogen-bond donors (Lipinski definition) is 2. The molecule has 0 radical (unpaired) electrons. The van der Waals surface area contributed by atoms with E-state index < -0.39 is 0 Å². The molecular formula is C15H21BrClNO. The molecule has 106 valence electrons. The van der Waals surface area contributed by atoms with E-state index in [-0.39, 0.29) is 0 Å². The second-order valence-corrected chi connectivity index (χ2v) is 6.63. The van der Waals surface area contributed by atoms with Gasteiger partial charge in [-0.15, -0.1) is 0 Å². The van der Waals surface area contributed by atoms with E-state index in [0.29, 0.717) is 18.4 Å². The van der Waals surface area contributed by atoms with Crippen LogP contribution in [0.15, 0.2) is 22.7 Å². The minimum Gasteiger partial charge on any atom is -0.396 e. The smallest absolute Gasteiger partial charge is 0.0548 e. The fourth-order valence-electron chi connectivity index (χ4n) is 2.85. The Bertz CT molecular complexity index is 413. The van der Waals surface area contributed by atoms with Crippen LogP contribution in [0.25, 0.3) is 0 Å². The van der Waals surface area contributed by atoms with Crippen LogP contribution in [0.2, 0.25) is 5.02 Å². The first-order valence-corrected chi connectivity index (χ1v) is 8.13. The SMILES string of the molecule is OCC1CCCCC1CNCc1ccc(Cl)c(Br)c1. The van der Waals surface area contributed by atoms with Crippen LogP contribution in [-0.4, -0.2) is 18.3 Å². The molecular weight excluding hydrogens is 326 g/mol. The van der Waals surface area contributed by atoms with Crippen molar-refractivity contribution >= 4 is 27.5 Å². The second-order valence-electron chi connectivity index (χ2n) is 5.37. The third-order valence-corrected chi connectivity index (χ3v) is 5.23. The van der Waals surface area contributed by atoms with Crippen LogP contribution < -0.4 is 5.32 Å². The maximum absolute atomic E-state index is 9.40. The van der Waals surface area contributed by atoms with Gasteiger partial charge in [-0.2, -0.15) is 0 Å². The quantitative estimate of drug-likeness (QED) is 0.845. The van der Waals surface area contributed by atoms with E-state index in [1.165, 1.54) is 31.2 Å². The van der Waals surface area contributed by atoms with Gasteiger partial charge >= 0.3 is 0 Å². The first-order valence-electron chi connectivity index (χ1n) is 6.96. The zero-order valence-corrected chi connectivity index (χ0v) is 13.4. The summed E-state index contributed by atoms with van der Waals surface area (Å²) in [5.41, 5.74) is 1.23. The lowest BCUT2D eigenvalue weighted by atomic mass is 9.79. The molecule has 19 heavy (non-hydrogen) atoms. The molecule has 0 aliphatic heterocycles. The Kier molecular flexibility index (Phi) is 6.14. The van der Waals surface area contributed by atoms with Gasteiger partial charge in [0.05, 0.1) is 5.02 Å². The van der Waals surface area contributed by atoms with Crippen LogP contribution >= 0.6 is 27.5 Å². The standard InChI is InChI=1S/C15H21BrClNO/c16-14-7-11(5-6-15(14)17)8-18-9-12-3-1-2-4-13(12)10-19/h5-7,12-13,18-19H,1-4,8-10H2. The molecule has 0 saturated heterocycles. The van der Waals surface area contributed by atoms with Crippen molar-refractivity contribution in [1.29, 1.82) is 0 Å². The largest absolute Gasteiger partial charge is 0.396 e. The van der Waals surface area contributed by atoms with Crippen LogP contribution in [0.5, 0.6) is 0 Å². The number of halogens is 2. The normalized spacial score (nSPS) is 23.5. The zero-order valence-electron chi connectivity index (χ0n) is 11.0. The van der Waals surface area contributed by atoms with Crippen molar-refractivity contribution in [2.45, 2.75) is 32.2 Å². The van der Waals surface area contributed by atoms with Crippen LogP contribution in [0.4, 0.5) is 0 Å². The van der Waals surface area contributed by atoms with Crippen molar-refractivity contribution < 1.29 is 5.11 Å². The Morgan fingerprint density at radius 2 is 2.00 bits per heavy atom. The highest BCUT2D eigenvalue weighted by Gasteiger charge is 2.23. The summed E-state index contributed by atoms with van der Waals surface area (Å²) >= 11 is 9.42. The molecule has 1 fully saturated rings. The van der Waals surface area contributed by atoms with Crippen LogP contribution in [-0.2, 0) is 6.54 Å². The van der Waals surface area contributed by atoms with E-state index in [2.05, 4.69) is 27.3 Å². The predicted molar refractivity (Wildman–Crippen MR) is 83.4 cm³/mol. The van der Waals surface area contributed by atoms with Crippen molar-refractivity contribution in [3.05, 3.63) is 33.3 Å². The summed E-state index contributed by atoms with van der Waals surface area (Å²) in [5, 5.41) is 13.7. The topological polar surface area (TPSA) is 32.3 Å². The Morgan fingerprint density at radius 3 is 2.68 bits per heavy atom. The number of rotatable bonds is 5. The highest BCUT2D eigenvalue weighted by atomic mass is 79.9. The van der Waals surface area contributed by atoms with Gasteiger partial charge in [-0.05, 0) is 64.8 Å². The Hall–Kier alpha value is -0.0900. The van der Waals surface area contributed by atoms with E-state index >= 15 is 0 Å². The Morgan fingerprint density at radius 1 is 1.26 bits per heavy atom. The Labute approximate surface area is 128 Å². The van der Waals surface area contributed by atoms with Crippen molar-refractivity contribution in [1.82, 2.24) is 5.32 Å². The molecule has 2 N–H and O–H groups in total. The van der Waals surface area contributed by atoms with E-state index in [4.69, 9.17) is 11.6 Å². The highest BCUT2D eigenvalue weighted by molar-refractivity contribution is 9.10. The second kappa shape index (κ2) is 7.63. The maximum atomic E-state index is 9.40. The predicted octanol–water partition coefficient (Wildman–Crippen LogP) is 3.99. The van der Waals surface area contributed by atoms with Gasteiger partial charge in [0.1, 0.15) is 0 Å². The molecule has 2 nitrogen and oxygen atoms in total. The summed E-state index contributed by atoms with van der Waals surface area (Å²) in [6, 6.07) is 6.02. The lowest BCUT2D eigenvalue weighted by Crippen LogP contribution is -2.32. The van der Waals surface area contributed by atoms with E-state index in [0.717, 1.165) is 22.6 Å². The van der Waals surface area contributed by atoms with Crippen molar-refractivity contribution in [2.24, 2.45) is 11.8 Å². The maximum Gasteiger partial charge on any atom is 0.0548 e. The highest BCUT2D eigenvalue weighted by Crippen LogP contribution is 2.29. The molecule has 2 atom stereocenters. The molecule has 0 spiro atoms. The van der Waals surface area contributed by atoms with Gasteiger partial charge in [-0.3, -0.25) is 0 Å². The van der Waals surface area contributed by atoms with Gasteiger partial charge in [0.2, 0.25) is 0 Å². The fraction of sp³-hybridized carbons (Fsp3) is 0.600. The summed E-state index contributed by atoms with van der Waals surface area (Å²) in [5.74, 6) is 1.10. The van der Waals surface area contributed by atoms with Crippen molar-refractivity contribution in [3.63, 3.8) is 0 Å². The number of nitrogens with one attached hydrogen (secondary N) is 1. The van der Waals surface area contributed by atoms with E-state index in [1.807, 2.05) is 12.1 Å². The van der Waals surface area contributed by atoms with Crippen molar-refractivity contribution in [3.8, 4) is 0 Å². The van der Waals surface area contributed by atoms with Gasteiger partial charge in [-0.1, -0.05) is 30.5 Å². The van der Waals surface area contributed by atoms with E-state index in [1.54, 1.807) is 0 Å². The van der Waals surface area contributed by atoms with Crippen molar-refractivity contribution in [2.75, 3.05) is 13.2 Å². The van der Waals surface area contributed by atoms with Gasteiger partial charge in [0, 0.05) is 17.6 Å². The molecule has 4 heteroatoms. The average molecular weight is 347 g/mol. The monoisotopic (exact) mass is 345 g/mol. The molecule has 1 aromatic rings. The third kappa shape index (κ3) is 4.45. The molecule has 0 amide bonds. The molecule has 2 rings (SSSR count). The summed E-state index contributed by atoms with van der Waals surface area (Å²) in [6.07, 6.45) is 4.99. The van der Waals surface area contributed by atoms with Gasteiger partial charge < -0.3 is 10.4 Å². The third-order valence-electron chi connectivity index (χ3n) is 4.02. The zero-order chi connectivity index (χ0) is 13.7. The first-order chi connectivity index (χ1) is 9.20. The minimum atomic E-state index is 0.332. The molecule has 1 aliphatic carbocycles. The number of aliphatic hydroxyl groups is 1. The molecule has 1 aromatic carbocycles. The summed E-state index contributed by atoms with van der Waals surface area (Å²) in [7, 11) is 0. The van der Waals surface area contributed by atoms with Gasteiger partial charge in [0.25, 0.3) is 0 Å². The van der Waals surface area contributed by atoms with E-state index in [9.17, 15) is 5.11 Å². The summed E-state index contributed by atoms with van der Waals surface area (Å²) in [6.45, 7) is 2.18. The molecule has 1 saturated carbocycles. The fourth-order valence-corrected chi connectivity index (χ4v) is 3.39. The molecule has 0 aromatic heterocycles. The molecule has 0 heterocycles. The van der Waals surface area contributed by atoms with Gasteiger partial charge in [0.15, 0.2) is 0 Å². The first kappa shape index (κ1) is 15.3.